The van der Waals surface area contributed by atoms with Crippen molar-refractivity contribution in [3.63, 3.8) is 0 Å². The smallest absolute Gasteiger partial charge is 0.312 e. The number of fused-ring (bicyclic) bond motifs is 1. The third-order valence-electron chi connectivity index (χ3n) is 3.01. The summed E-state index contributed by atoms with van der Waals surface area (Å²) < 4.78 is 1.64. The number of nitrogens with zero attached hydrogens (tertiary/aromatic N) is 1. The van der Waals surface area contributed by atoms with Gasteiger partial charge in [0.1, 0.15) is 0 Å². The molecule has 1 N–H and O–H groups in total. The molecule has 1 aromatic carbocycles. The lowest BCUT2D eigenvalue weighted by Crippen LogP contribution is -2.14. The number of benzene rings is 1. The Morgan fingerprint density at radius 2 is 2.07 bits per heavy atom. The van der Waals surface area contributed by atoms with Gasteiger partial charge in [-0.15, -0.1) is 0 Å². The molecular formula is C12H12N2O. The van der Waals surface area contributed by atoms with E-state index in [2.05, 4.69) is 17.1 Å². The molecule has 3 nitrogen and oxygen atoms in total. The second kappa shape index (κ2) is 3.12. The third kappa shape index (κ3) is 1.31. The van der Waals surface area contributed by atoms with Crippen molar-refractivity contribution in [1.82, 2.24) is 9.55 Å². The Morgan fingerprint density at radius 1 is 1.20 bits per heavy atom. The SMILES string of the molecule is O=c1[nH]ccn1-c1ccc2c(c1)CCC2. The van der Waals surface area contributed by atoms with Gasteiger partial charge in [-0.1, -0.05) is 6.07 Å². The highest BCUT2D eigenvalue weighted by molar-refractivity contribution is 5.42. The molecule has 1 heterocycles. The van der Waals surface area contributed by atoms with Gasteiger partial charge in [0.15, 0.2) is 0 Å². The van der Waals surface area contributed by atoms with Crippen molar-refractivity contribution in [1.29, 1.82) is 0 Å². The average Bonchev–Trinajstić information content (AvgIpc) is 2.84. The van der Waals surface area contributed by atoms with Gasteiger partial charge in [-0.2, -0.15) is 0 Å². The lowest BCUT2D eigenvalue weighted by atomic mass is 10.1. The minimum absolute atomic E-state index is 0.0760. The number of imidazole rings is 1. The summed E-state index contributed by atoms with van der Waals surface area (Å²) in [5.74, 6) is 0. The molecule has 0 amide bonds. The summed E-state index contributed by atoms with van der Waals surface area (Å²) >= 11 is 0. The summed E-state index contributed by atoms with van der Waals surface area (Å²) in [7, 11) is 0. The topological polar surface area (TPSA) is 37.8 Å². The van der Waals surface area contributed by atoms with Crippen molar-refractivity contribution in [2.45, 2.75) is 19.3 Å². The van der Waals surface area contributed by atoms with Gasteiger partial charge < -0.3 is 4.98 Å². The van der Waals surface area contributed by atoms with Crippen LogP contribution in [0.15, 0.2) is 35.4 Å². The molecule has 0 saturated carbocycles. The fraction of sp³-hybridized carbons (Fsp3) is 0.250. The van der Waals surface area contributed by atoms with Crippen molar-refractivity contribution >= 4 is 0 Å². The van der Waals surface area contributed by atoms with Crippen molar-refractivity contribution < 1.29 is 0 Å². The molecule has 0 atom stereocenters. The van der Waals surface area contributed by atoms with Crippen molar-refractivity contribution in [3.8, 4) is 5.69 Å². The second-order valence-electron chi connectivity index (χ2n) is 3.94. The van der Waals surface area contributed by atoms with E-state index in [1.807, 2.05) is 6.07 Å². The van der Waals surface area contributed by atoms with Crippen molar-refractivity contribution in [2.75, 3.05) is 0 Å². The van der Waals surface area contributed by atoms with Gasteiger partial charge in [0.25, 0.3) is 0 Å². The highest BCUT2D eigenvalue weighted by Gasteiger charge is 2.11. The molecular weight excluding hydrogens is 188 g/mol. The molecule has 0 spiro atoms. The van der Waals surface area contributed by atoms with Crippen LogP contribution in [0, 0.1) is 0 Å². The lowest BCUT2D eigenvalue weighted by molar-refractivity contribution is 0.911. The van der Waals surface area contributed by atoms with E-state index in [9.17, 15) is 4.79 Å². The van der Waals surface area contributed by atoms with Gasteiger partial charge in [-0.05, 0) is 42.5 Å². The van der Waals surface area contributed by atoms with E-state index in [0.29, 0.717) is 0 Å². The molecule has 0 aliphatic heterocycles. The van der Waals surface area contributed by atoms with Crippen molar-refractivity contribution in [2.24, 2.45) is 0 Å². The first kappa shape index (κ1) is 8.53. The first-order valence-electron chi connectivity index (χ1n) is 5.23. The molecule has 0 fully saturated rings. The van der Waals surface area contributed by atoms with Crippen LogP contribution >= 0.6 is 0 Å². The minimum Gasteiger partial charge on any atom is -0.312 e. The van der Waals surface area contributed by atoms with Gasteiger partial charge in [-0.3, -0.25) is 4.57 Å². The Kier molecular flexibility index (Phi) is 1.78. The summed E-state index contributed by atoms with van der Waals surface area (Å²) in [5.41, 5.74) is 3.71. The fourth-order valence-corrected chi connectivity index (χ4v) is 2.23. The highest BCUT2D eigenvalue weighted by Crippen LogP contribution is 2.23. The third-order valence-corrected chi connectivity index (χ3v) is 3.01. The summed E-state index contributed by atoms with van der Waals surface area (Å²) in [5, 5.41) is 0. The number of aromatic amines is 1. The molecule has 0 radical (unpaired) electrons. The number of rotatable bonds is 1. The first-order chi connectivity index (χ1) is 7.34. The number of hydrogen-bond acceptors (Lipinski definition) is 1. The predicted octanol–water partition coefficient (Wildman–Crippen LogP) is 1.65. The van der Waals surface area contributed by atoms with E-state index in [0.717, 1.165) is 12.1 Å². The van der Waals surface area contributed by atoms with Crippen LogP contribution in [-0.4, -0.2) is 9.55 Å². The Hall–Kier alpha value is -1.77. The maximum absolute atomic E-state index is 11.4. The predicted molar refractivity (Wildman–Crippen MR) is 58.4 cm³/mol. The van der Waals surface area contributed by atoms with E-state index in [-0.39, 0.29) is 5.69 Å². The number of nitrogens with one attached hydrogen (secondary N) is 1. The molecule has 1 aliphatic rings. The molecule has 0 saturated heterocycles. The highest BCUT2D eigenvalue weighted by atomic mass is 16.1. The number of aryl methyl sites for hydroxylation is 2. The number of hydrogen-bond donors (Lipinski definition) is 1. The van der Waals surface area contributed by atoms with Crippen molar-refractivity contribution in [3.05, 3.63) is 52.2 Å². The molecule has 0 bridgehead atoms. The first-order valence-corrected chi connectivity index (χ1v) is 5.23. The van der Waals surface area contributed by atoms with Gasteiger partial charge in [-0.25, -0.2) is 4.79 Å². The fourth-order valence-electron chi connectivity index (χ4n) is 2.23. The van der Waals surface area contributed by atoms with E-state index < -0.39 is 0 Å². The Labute approximate surface area is 87.4 Å². The van der Waals surface area contributed by atoms with Crippen LogP contribution in [0.25, 0.3) is 5.69 Å². The minimum atomic E-state index is -0.0760. The molecule has 0 unspecified atom stereocenters. The molecule has 2 aromatic rings. The zero-order chi connectivity index (χ0) is 10.3. The normalized spacial score (nSPS) is 14.1. The number of aromatic nitrogens is 2. The van der Waals surface area contributed by atoms with Crippen LogP contribution in [0.3, 0.4) is 0 Å². The summed E-state index contributed by atoms with van der Waals surface area (Å²) in [4.78, 5) is 14.1. The molecule has 1 aromatic heterocycles. The summed E-state index contributed by atoms with van der Waals surface area (Å²) in [6.45, 7) is 0. The lowest BCUT2D eigenvalue weighted by Gasteiger charge is -2.04. The van der Waals surface area contributed by atoms with Gasteiger partial charge in [0.05, 0.1) is 5.69 Å². The van der Waals surface area contributed by atoms with E-state index >= 15 is 0 Å². The van der Waals surface area contributed by atoms with Crippen LogP contribution in [0.5, 0.6) is 0 Å². The van der Waals surface area contributed by atoms with Gasteiger partial charge in [0, 0.05) is 12.4 Å². The molecule has 76 valence electrons. The molecule has 15 heavy (non-hydrogen) atoms. The molecule has 3 rings (SSSR count). The van der Waals surface area contributed by atoms with Gasteiger partial charge >= 0.3 is 5.69 Å². The Balaban J connectivity index is 2.15. The quantitative estimate of drug-likeness (QED) is 0.746. The van der Waals surface area contributed by atoms with Crippen LogP contribution in [0.2, 0.25) is 0 Å². The zero-order valence-corrected chi connectivity index (χ0v) is 8.36. The van der Waals surface area contributed by atoms with E-state index in [1.165, 1.54) is 24.0 Å². The van der Waals surface area contributed by atoms with E-state index in [4.69, 9.17) is 0 Å². The molecule has 1 aliphatic carbocycles. The monoisotopic (exact) mass is 200 g/mol. The zero-order valence-electron chi connectivity index (χ0n) is 8.36. The summed E-state index contributed by atoms with van der Waals surface area (Å²) in [6.07, 6.45) is 6.98. The van der Waals surface area contributed by atoms with Gasteiger partial charge in [0.2, 0.25) is 0 Å². The standard InChI is InChI=1S/C12H12N2O/c15-12-13-6-7-14(12)11-5-4-9-2-1-3-10(9)8-11/h4-8H,1-3H2,(H,13,15). The summed E-state index contributed by atoms with van der Waals surface area (Å²) in [6, 6.07) is 6.27. The van der Waals surface area contributed by atoms with Crippen LogP contribution in [-0.2, 0) is 12.8 Å². The average molecular weight is 200 g/mol. The number of H-pyrrole nitrogens is 1. The Bertz CT molecular complexity index is 551. The molecule has 3 heteroatoms. The van der Waals surface area contributed by atoms with Crippen LogP contribution < -0.4 is 5.69 Å². The Morgan fingerprint density at radius 3 is 2.87 bits per heavy atom. The second-order valence-corrected chi connectivity index (χ2v) is 3.94. The maximum Gasteiger partial charge on any atom is 0.330 e. The van der Waals surface area contributed by atoms with Crippen LogP contribution in [0.4, 0.5) is 0 Å². The van der Waals surface area contributed by atoms with E-state index in [1.54, 1.807) is 17.0 Å². The van der Waals surface area contributed by atoms with Crippen LogP contribution in [0.1, 0.15) is 17.5 Å². The largest absolute Gasteiger partial charge is 0.330 e. The maximum atomic E-state index is 11.4.